The molecule has 0 unspecified atom stereocenters. The van der Waals surface area contributed by atoms with Crippen LogP contribution >= 0.6 is 0 Å². The molecule has 1 aliphatic carbocycles. The second-order valence-electron chi connectivity index (χ2n) is 5.89. The number of hydrogen-bond donors (Lipinski definition) is 2. The highest BCUT2D eigenvalue weighted by atomic mass is 16.2. The van der Waals surface area contributed by atoms with Crippen LogP contribution in [0.25, 0.3) is 0 Å². The molecule has 3 heteroatoms. The van der Waals surface area contributed by atoms with Crippen LogP contribution in [0.5, 0.6) is 0 Å². The Labute approximate surface area is 98.4 Å². The molecule has 1 heterocycles. The highest BCUT2D eigenvalue weighted by molar-refractivity contribution is 5.82. The van der Waals surface area contributed by atoms with Gasteiger partial charge in [0.25, 0.3) is 0 Å². The first-order valence-electron chi connectivity index (χ1n) is 6.67. The average Bonchev–Trinajstić information content (AvgIpc) is 2.24. The third-order valence-corrected chi connectivity index (χ3v) is 3.92. The molecule has 1 atom stereocenters. The lowest BCUT2D eigenvalue weighted by atomic mass is 9.79. The van der Waals surface area contributed by atoms with Crippen molar-refractivity contribution >= 4 is 5.91 Å². The van der Waals surface area contributed by atoms with Gasteiger partial charge in [0.1, 0.15) is 0 Å². The minimum absolute atomic E-state index is 0.0341. The molecule has 1 saturated carbocycles. The van der Waals surface area contributed by atoms with Gasteiger partial charge in [0.05, 0.1) is 6.04 Å². The molecule has 0 aromatic carbocycles. The van der Waals surface area contributed by atoms with E-state index in [2.05, 4.69) is 24.5 Å². The van der Waals surface area contributed by atoms with Crippen LogP contribution in [0, 0.1) is 5.92 Å². The monoisotopic (exact) mass is 224 g/mol. The van der Waals surface area contributed by atoms with E-state index in [1.54, 1.807) is 0 Å². The van der Waals surface area contributed by atoms with Gasteiger partial charge in [-0.2, -0.15) is 0 Å². The van der Waals surface area contributed by atoms with E-state index in [-0.39, 0.29) is 17.5 Å². The summed E-state index contributed by atoms with van der Waals surface area (Å²) in [4.78, 5) is 11.8. The van der Waals surface area contributed by atoms with Gasteiger partial charge in [-0.1, -0.05) is 33.1 Å². The van der Waals surface area contributed by atoms with E-state index in [0.717, 1.165) is 13.0 Å². The lowest BCUT2D eigenvalue weighted by Gasteiger charge is -2.45. The minimum Gasteiger partial charge on any atom is -0.353 e. The first-order valence-corrected chi connectivity index (χ1v) is 6.67. The quantitative estimate of drug-likeness (QED) is 0.751. The van der Waals surface area contributed by atoms with E-state index in [1.165, 1.54) is 32.1 Å². The SMILES string of the molecule is CC(C)C[C@H]1NC2(CCCCC2)CNC1=O. The maximum atomic E-state index is 11.8. The van der Waals surface area contributed by atoms with Crippen molar-refractivity contribution < 1.29 is 4.79 Å². The molecule has 1 aliphatic heterocycles. The van der Waals surface area contributed by atoms with Crippen molar-refractivity contribution in [2.24, 2.45) is 5.92 Å². The molecule has 0 bridgehead atoms. The number of hydrogen-bond acceptors (Lipinski definition) is 2. The Morgan fingerprint density at radius 2 is 2.00 bits per heavy atom. The van der Waals surface area contributed by atoms with Gasteiger partial charge < -0.3 is 5.32 Å². The van der Waals surface area contributed by atoms with Crippen LogP contribution in [-0.2, 0) is 4.79 Å². The molecule has 1 spiro atoms. The number of amides is 1. The highest BCUT2D eigenvalue weighted by Gasteiger charge is 2.39. The summed E-state index contributed by atoms with van der Waals surface area (Å²) in [7, 11) is 0. The fourth-order valence-electron chi connectivity index (χ4n) is 3.05. The second-order valence-corrected chi connectivity index (χ2v) is 5.89. The van der Waals surface area contributed by atoms with Crippen molar-refractivity contribution in [3.05, 3.63) is 0 Å². The predicted octanol–water partition coefficient (Wildman–Crippen LogP) is 1.82. The summed E-state index contributed by atoms with van der Waals surface area (Å²) >= 11 is 0. The molecule has 2 fully saturated rings. The zero-order valence-electron chi connectivity index (χ0n) is 10.5. The summed E-state index contributed by atoms with van der Waals surface area (Å²) in [5, 5.41) is 6.73. The van der Waals surface area contributed by atoms with Crippen LogP contribution in [0.3, 0.4) is 0 Å². The van der Waals surface area contributed by atoms with E-state index < -0.39 is 0 Å². The fraction of sp³-hybridized carbons (Fsp3) is 0.923. The predicted molar refractivity (Wildman–Crippen MR) is 65.2 cm³/mol. The molecule has 92 valence electrons. The van der Waals surface area contributed by atoms with Crippen LogP contribution < -0.4 is 10.6 Å². The van der Waals surface area contributed by atoms with Gasteiger partial charge in [-0.15, -0.1) is 0 Å². The Morgan fingerprint density at radius 1 is 1.31 bits per heavy atom. The van der Waals surface area contributed by atoms with Gasteiger partial charge in [-0.25, -0.2) is 0 Å². The van der Waals surface area contributed by atoms with Gasteiger partial charge in [0.15, 0.2) is 0 Å². The lowest BCUT2D eigenvalue weighted by Crippen LogP contribution is -2.66. The van der Waals surface area contributed by atoms with Gasteiger partial charge in [-0.3, -0.25) is 10.1 Å². The van der Waals surface area contributed by atoms with Gasteiger partial charge >= 0.3 is 0 Å². The maximum Gasteiger partial charge on any atom is 0.237 e. The molecular weight excluding hydrogens is 200 g/mol. The fourth-order valence-corrected chi connectivity index (χ4v) is 3.05. The molecule has 0 radical (unpaired) electrons. The van der Waals surface area contributed by atoms with Crippen molar-refractivity contribution in [2.45, 2.75) is 64.0 Å². The molecule has 1 saturated heterocycles. The van der Waals surface area contributed by atoms with Crippen LogP contribution in [-0.4, -0.2) is 24.0 Å². The summed E-state index contributed by atoms with van der Waals surface area (Å²) in [5.41, 5.74) is 0.214. The van der Waals surface area contributed by atoms with Gasteiger partial charge in [0.2, 0.25) is 5.91 Å². The van der Waals surface area contributed by atoms with Crippen molar-refractivity contribution in [3.63, 3.8) is 0 Å². The van der Waals surface area contributed by atoms with E-state index in [4.69, 9.17) is 0 Å². The standard InChI is InChI=1S/C13H24N2O/c1-10(2)8-11-12(16)14-9-13(15-11)6-4-3-5-7-13/h10-11,15H,3-9H2,1-2H3,(H,14,16)/t11-/m1/s1. The number of nitrogens with one attached hydrogen (secondary N) is 2. The molecule has 1 amide bonds. The number of carbonyl (C=O) groups is 1. The van der Waals surface area contributed by atoms with Crippen molar-refractivity contribution in [3.8, 4) is 0 Å². The summed E-state index contributed by atoms with van der Waals surface area (Å²) in [6, 6.07) is 0.0341. The molecule has 2 N–H and O–H groups in total. The van der Waals surface area contributed by atoms with Crippen molar-refractivity contribution in [1.82, 2.24) is 10.6 Å². The van der Waals surface area contributed by atoms with Crippen molar-refractivity contribution in [1.29, 1.82) is 0 Å². The third kappa shape index (κ3) is 2.57. The van der Waals surface area contributed by atoms with Crippen LogP contribution in [0.4, 0.5) is 0 Å². The first kappa shape index (κ1) is 11.9. The topological polar surface area (TPSA) is 41.1 Å². The maximum absolute atomic E-state index is 11.8. The molecule has 16 heavy (non-hydrogen) atoms. The zero-order valence-corrected chi connectivity index (χ0v) is 10.5. The Bertz CT molecular complexity index is 257. The third-order valence-electron chi connectivity index (χ3n) is 3.92. The molecule has 3 nitrogen and oxygen atoms in total. The molecule has 2 rings (SSSR count). The molecule has 0 aromatic heterocycles. The first-order chi connectivity index (χ1) is 7.61. The summed E-state index contributed by atoms with van der Waals surface area (Å²) < 4.78 is 0. The summed E-state index contributed by atoms with van der Waals surface area (Å²) in [5.74, 6) is 0.770. The number of rotatable bonds is 2. The average molecular weight is 224 g/mol. The van der Waals surface area contributed by atoms with Crippen LogP contribution in [0.1, 0.15) is 52.4 Å². The molecular formula is C13H24N2O. The second kappa shape index (κ2) is 4.74. The molecule has 2 aliphatic rings. The van der Waals surface area contributed by atoms with Crippen molar-refractivity contribution in [2.75, 3.05) is 6.54 Å². The normalized spacial score (nSPS) is 29.4. The number of carbonyl (C=O) groups excluding carboxylic acids is 1. The Hall–Kier alpha value is -0.570. The minimum atomic E-state index is 0.0341. The Kier molecular flexibility index (Phi) is 3.53. The van der Waals surface area contributed by atoms with Crippen LogP contribution in [0.15, 0.2) is 0 Å². The largest absolute Gasteiger partial charge is 0.353 e. The van der Waals surface area contributed by atoms with E-state index in [1.807, 2.05) is 0 Å². The van der Waals surface area contributed by atoms with Crippen LogP contribution in [0.2, 0.25) is 0 Å². The van der Waals surface area contributed by atoms with E-state index >= 15 is 0 Å². The van der Waals surface area contributed by atoms with E-state index in [9.17, 15) is 4.79 Å². The summed E-state index contributed by atoms with van der Waals surface area (Å²) in [6.07, 6.45) is 7.36. The molecule has 0 aromatic rings. The zero-order chi connectivity index (χ0) is 11.6. The summed E-state index contributed by atoms with van der Waals surface area (Å²) in [6.45, 7) is 5.19. The van der Waals surface area contributed by atoms with Gasteiger partial charge in [0, 0.05) is 12.1 Å². The van der Waals surface area contributed by atoms with E-state index in [0.29, 0.717) is 5.92 Å². The Balaban J connectivity index is 2.00. The highest BCUT2D eigenvalue weighted by Crippen LogP contribution is 2.30. The Morgan fingerprint density at radius 3 is 2.62 bits per heavy atom. The number of piperazine rings is 1. The lowest BCUT2D eigenvalue weighted by molar-refractivity contribution is -0.127. The smallest absolute Gasteiger partial charge is 0.237 e. The van der Waals surface area contributed by atoms with Gasteiger partial charge in [-0.05, 0) is 25.2 Å².